The zero-order valence-corrected chi connectivity index (χ0v) is 9.48. The van der Waals surface area contributed by atoms with Gasteiger partial charge in [-0.2, -0.15) is 4.98 Å². The molecule has 4 nitrogen and oxygen atoms in total. The van der Waals surface area contributed by atoms with Crippen LogP contribution in [0, 0.1) is 0 Å². The Bertz CT molecular complexity index is 551. The lowest BCUT2D eigenvalue weighted by atomic mass is 10.1. The number of nitrogens with one attached hydrogen (secondary N) is 1. The SMILES string of the molecule is Nc1nccc(Nc2ccc3c(c2)CCC3)n1. The molecule has 0 radical (unpaired) electrons. The molecule has 0 fully saturated rings. The molecule has 17 heavy (non-hydrogen) atoms. The first-order valence-corrected chi connectivity index (χ1v) is 5.78. The minimum absolute atomic E-state index is 0.288. The van der Waals surface area contributed by atoms with E-state index in [0.717, 1.165) is 11.5 Å². The average molecular weight is 226 g/mol. The number of benzene rings is 1. The number of rotatable bonds is 2. The Morgan fingerprint density at radius 3 is 2.88 bits per heavy atom. The van der Waals surface area contributed by atoms with Gasteiger partial charge < -0.3 is 11.1 Å². The Kier molecular flexibility index (Phi) is 2.40. The minimum atomic E-state index is 0.288. The quantitative estimate of drug-likeness (QED) is 0.824. The molecule has 3 N–H and O–H groups in total. The van der Waals surface area contributed by atoms with Gasteiger partial charge in [-0.1, -0.05) is 6.07 Å². The van der Waals surface area contributed by atoms with Crippen LogP contribution in [0.3, 0.4) is 0 Å². The summed E-state index contributed by atoms with van der Waals surface area (Å²) < 4.78 is 0. The van der Waals surface area contributed by atoms with E-state index in [1.165, 1.54) is 30.4 Å². The molecule has 0 unspecified atom stereocenters. The fraction of sp³-hybridized carbons (Fsp3) is 0.231. The summed E-state index contributed by atoms with van der Waals surface area (Å²) in [6.45, 7) is 0. The molecule has 1 aliphatic rings. The third-order valence-corrected chi connectivity index (χ3v) is 3.05. The number of nitrogen functional groups attached to an aromatic ring is 1. The van der Waals surface area contributed by atoms with Gasteiger partial charge in [0.25, 0.3) is 0 Å². The highest BCUT2D eigenvalue weighted by Crippen LogP contribution is 2.26. The van der Waals surface area contributed by atoms with E-state index in [0.29, 0.717) is 0 Å². The molecule has 86 valence electrons. The fourth-order valence-corrected chi connectivity index (χ4v) is 2.24. The van der Waals surface area contributed by atoms with Crippen LogP contribution in [0.2, 0.25) is 0 Å². The number of anilines is 3. The van der Waals surface area contributed by atoms with Crippen molar-refractivity contribution in [1.29, 1.82) is 0 Å². The second kappa shape index (κ2) is 4.05. The number of aryl methyl sites for hydroxylation is 2. The molecule has 0 spiro atoms. The molecule has 1 aliphatic carbocycles. The maximum atomic E-state index is 5.54. The highest BCUT2D eigenvalue weighted by molar-refractivity contribution is 5.59. The lowest BCUT2D eigenvalue weighted by Gasteiger charge is -2.07. The van der Waals surface area contributed by atoms with Crippen molar-refractivity contribution in [2.45, 2.75) is 19.3 Å². The van der Waals surface area contributed by atoms with Crippen molar-refractivity contribution in [3.63, 3.8) is 0 Å². The standard InChI is InChI=1S/C13H14N4/c14-13-15-7-6-12(17-13)16-11-5-4-9-2-1-3-10(9)8-11/h4-8H,1-3H2,(H3,14,15,16,17). The van der Waals surface area contributed by atoms with Gasteiger partial charge >= 0.3 is 0 Å². The molecule has 0 bridgehead atoms. The van der Waals surface area contributed by atoms with Crippen molar-refractivity contribution >= 4 is 17.5 Å². The fourth-order valence-electron chi connectivity index (χ4n) is 2.24. The van der Waals surface area contributed by atoms with Gasteiger partial charge in [-0.15, -0.1) is 0 Å². The topological polar surface area (TPSA) is 63.8 Å². The molecule has 0 saturated heterocycles. The predicted molar refractivity (Wildman–Crippen MR) is 68.2 cm³/mol. The zero-order chi connectivity index (χ0) is 11.7. The second-order valence-corrected chi connectivity index (χ2v) is 4.26. The monoisotopic (exact) mass is 226 g/mol. The van der Waals surface area contributed by atoms with Crippen molar-refractivity contribution in [3.8, 4) is 0 Å². The first kappa shape index (κ1) is 10.1. The van der Waals surface area contributed by atoms with E-state index in [2.05, 4.69) is 33.5 Å². The molecule has 0 atom stereocenters. The third kappa shape index (κ3) is 2.06. The van der Waals surface area contributed by atoms with Gasteiger partial charge in [-0.3, -0.25) is 0 Å². The Morgan fingerprint density at radius 1 is 1.12 bits per heavy atom. The summed E-state index contributed by atoms with van der Waals surface area (Å²) in [5, 5.41) is 3.24. The number of fused-ring (bicyclic) bond motifs is 1. The van der Waals surface area contributed by atoms with Crippen LogP contribution in [-0.4, -0.2) is 9.97 Å². The van der Waals surface area contributed by atoms with E-state index in [9.17, 15) is 0 Å². The summed E-state index contributed by atoms with van der Waals surface area (Å²) in [6, 6.07) is 8.28. The molecular formula is C13H14N4. The van der Waals surface area contributed by atoms with Crippen LogP contribution in [0.5, 0.6) is 0 Å². The highest BCUT2D eigenvalue weighted by Gasteiger charge is 2.10. The number of aromatic nitrogens is 2. The van der Waals surface area contributed by atoms with E-state index in [-0.39, 0.29) is 5.95 Å². The van der Waals surface area contributed by atoms with Crippen LogP contribution in [0.15, 0.2) is 30.5 Å². The number of hydrogen-bond donors (Lipinski definition) is 2. The largest absolute Gasteiger partial charge is 0.368 e. The normalized spacial score (nSPS) is 13.4. The van der Waals surface area contributed by atoms with E-state index in [1.54, 1.807) is 6.20 Å². The molecule has 1 aromatic heterocycles. The molecule has 0 saturated carbocycles. The lowest BCUT2D eigenvalue weighted by molar-refractivity contribution is 0.912. The van der Waals surface area contributed by atoms with Gasteiger partial charge in [0.1, 0.15) is 5.82 Å². The zero-order valence-electron chi connectivity index (χ0n) is 9.48. The van der Waals surface area contributed by atoms with Crippen molar-refractivity contribution < 1.29 is 0 Å². The predicted octanol–water partition coefficient (Wildman–Crippen LogP) is 2.29. The summed E-state index contributed by atoms with van der Waals surface area (Å²) in [5.41, 5.74) is 9.51. The van der Waals surface area contributed by atoms with E-state index >= 15 is 0 Å². The molecule has 3 rings (SSSR count). The van der Waals surface area contributed by atoms with E-state index in [4.69, 9.17) is 5.73 Å². The third-order valence-electron chi connectivity index (χ3n) is 3.05. The number of nitrogens with zero attached hydrogens (tertiary/aromatic N) is 2. The summed E-state index contributed by atoms with van der Waals surface area (Å²) in [4.78, 5) is 7.98. The van der Waals surface area contributed by atoms with Crippen LogP contribution in [0.4, 0.5) is 17.5 Å². The van der Waals surface area contributed by atoms with Crippen LogP contribution in [0.1, 0.15) is 17.5 Å². The van der Waals surface area contributed by atoms with Gasteiger partial charge in [0.15, 0.2) is 0 Å². The van der Waals surface area contributed by atoms with E-state index < -0.39 is 0 Å². The molecule has 2 aromatic rings. The molecule has 0 aliphatic heterocycles. The maximum absolute atomic E-state index is 5.54. The smallest absolute Gasteiger partial charge is 0.221 e. The summed E-state index contributed by atoms with van der Waals surface area (Å²) in [5.74, 6) is 1.02. The molecule has 0 amide bonds. The van der Waals surface area contributed by atoms with Crippen molar-refractivity contribution in [3.05, 3.63) is 41.6 Å². The Balaban J connectivity index is 1.86. The maximum Gasteiger partial charge on any atom is 0.221 e. The first-order chi connectivity index (χ1) is 8.31. The van der Waals surface area contributed by atoms with Crippen LogP contribution >= 0.6 is 0 Å². The molecular weight excluding hydrogens is 212 g/mol. The number of nitrogens with two attached hydrogens (primary N) is 1. The Hall–Kier alpha value is -2.10. The van der Waals surface area contributed by atoms with Gasteiger partial charge in [-0.05, 0) is 48.6 Å². The minimum Gasteiger partial charge on any atom is -0.368 e. The second-order valence-electron chi connectivity index (χ2n) is 4.26. The van der Waals surface area contributed by atoms with Crippen molar-refractivity contribution in [2.75, 3.05) is 11.1 Å². The number of hydrogen-bond acceptors (Lipinski definition) is 4. The van der Waals surface area contributed by atoms with Crippen LogP contribution in [0.25, 0.3) is 0 Å². The van der Waals surface area contributed by atoms with Crippen LogP contribution < -0.4 is 11.1 Å². The van der Waals surface area contributed by atoms with Gasteiger partial charge in [0.2, 0.25) is 5.95 Å². The summed E-state index contributed by atoms with van der Waals surface area (Å²) in [7, 11) is 0. The van der Waals surface area contributed by atoms with Gasteiger partial charge in [0.05, 0.1) is 0 Å². The lowest BCUT2D eigenvalue weighted by Crippen LogP contribution is -1.99. The van der Waals surface area contributed by atoms with Crippen molar-refractivity contribution in [2.24, 2.45) is 0 Å². The molecule has 4 heteroatoms. The highest BCUT2D eigenvalue weighted by atomic mass is 15.1. The first-order valence-electron chi connectivity index (χ1n) is 5.78. The Labute approximate surface area is 99.9 Å². The van der Waals surface area contributed by atoms with Crippen molar-refractivity contribution in [1.82, 2.24) is 9.97 Å². The Morgan fingerprint density at radius 2 is 2.00 bits per heavy atom. The summed E-state index contributed by atoms with van der Waals surface area (Å²) >= 11 is 0. The molecule has 1 aromatic carbocycles. The summed E-state index contributed by atoms with van der Waals surface area (Å²) in [6.07, 6.45) is 5.30. The van der Waals surface area contributed by atoms with Gasteiger partial charge in [0, 0.05) is 11.9 Å². The molecule has 1 heterocycles. The van der Waals surface area contributed by atoms with E-state index in [1.807, 2.05) is 6.07 Å². The van der Waals surface area contributed by atoms with Gasteiger partial charge in [-0.25, -0.2) is 4.98 Å². The average Bonchev–Trinajstić information content (AvgIpc) is 2.76. The van der Waals surface area contributed by atoms with Crippen LogP contribution in [-0.2, 0) is 12.8 Å².